The monoisotopic (exact) mass is 312 g/mol. The molecule has 7 heteroatoms. The van der Waals surface area contributed by atoms with Gasteiger partial charge in [-0.25, -0.2) is 8.42 Å². The average molecular weight is 312 g/mol. The first-order valence-corrected chi connectivity index (χ1v) is 8.35. The molecule has 0 aliphatic carbocycles. The molecule has 20 heavy (non-hydrogen) atoms. The molecule has 0 bridgehead atoms. The van der Waals surface area contributed by atoms with Crippen LogP contribution in [0.1, 0.15) is 16.3 Å². The highest BCUT2D eigenvalue weighted by atomic mass is 32.2. The first-order valence-electron chi connectivity index (χ1n) is 6.03. The van der Waals surface area contributed by atoms with Crippen LogP contribution < -0.4 is 0 Å². The number of hydrogen-bond acceptors (Lipinski definition) is 5. The van der Waals surface area contributed by atoms with E-state index in [9.17, 15) is 8.42 Å². The van der Waals surface area contributed by atoms with Gasteiger partial charge in [-0.3, -0.25) is 0 Å². The molecule has 0 radical (unpaired) electrons. The van der Waals surface area contributed by atoms with Crippen molar-refractivity contribution in [3.63, 3.8) is 0 Å². The van der Waals surface area contributed by atoms with E-state index >= 15 is 0 Å². The van der Waals surface area contributed by atoms with E-state index in [1.165, 1.54) is 15.6 Å². The van der Waals surface area contributed by atoms with Gasteiger partial charge >= 0.3 is 0 Å². The van der Waals surface area contributed by atoms with E-state index < -0.39 is 10.0 Å². The first-order chi connectivity index (χ1) is 9.46. The maximum atomic E-state index is 12.7. The summed E-state index contributed by atoms with van der Waals surface area (Å²) in [5, 5.41) is 5.64. The molecule has 0 amide bonds. The summed E-state index contributed by atoms with van der Waals surface area (Å²) in [6, 6.07) is 3.80. The van der Waals surface area contributed by atoms with Crippen molar-refractivity contribution in [2.24, 2.45) is 0 Å². The van der Waals surface area contributed by atoms with Gasteiger partial charge in [0.05, 0.1) is 0 Å². The maximum absolute atomic E-state index is 12.7. The minimum atomic E-state index is -3.64. The zero-order valence-electron chi connectivity index (χ0n) is 11.4. The lowest BCUT2D eigenvalue weighted by Crippen LogP contribution is -2.31. The lowest BCUT2D eigenvalue weighted by molar-refractivity contribution is 0.389. The SMILES string of the molecule is C=CCN(Cc1cccs1)S(=O)(=O)c1c(C)noc1C. The highest BCUT2D eigenvalue weighted by Gasteiger charge is 2.30. The quantitative estimate of drug-likeness (QED) is 0.769. The number of aromatic nitrogens is 1. The molecule has 5 nitrogen and oxygen atoms in total. The van der Waals surface area contributed by atoms with Gasteiger partial charge in [0.1, 0.15) is 10.6 Å². The molecule has 0 aliphatic heterocycles. The maximum Gasteiger partial charge on any atom is 0.249 e. The topological polar surface area (TPSA) is 63.4 Å². The molecular weight excluding hydrogens is 296 g/mol. The largest absolute Gasteiger partial charge is 0.360 e. The van der Waals surface area contributed by atoms with Gasteiger partial charge < -0.3 is 4.52 Å². The third-order valence-electron chi connectivity index (χ3n) is 2.81. The van der Waals surface area contributed by atoms with E-state index in [4.69, 9.17) is 4.52 Å². The van der Waals surface area contributed by atoms with Crippen LogP contribution in [0.15, 0.2) is 39.6 Å². The Labute approximate surface area is 122 Å². The van der Waals surface area contributed by atoms with E-state index in [1.807, 2.05) is 17.5 Å². The van der Waals surface area contributed by atoms with E-state index in [-0.39, 0.29) is 11.4 Å². The van der Waals surface area contributed by atoms with Crippen LogP contribution in [0.4, 0.5) is 0 Å². The number of nitrogens with zero attached hydrogens (tertiary/aromatic N) is 2. The fraction of sp³-hybridized carbons (Fsp3) is 0.308. The summed E-state index contributed by atoms with van der Waals surface area (Å²) >= 11 is 1.52. The Morgan fingerprint density at radius 3 is 2.75 bits per heavy atom. The Kier molecular flexibility index (Phi) is 4.42. The summed E-state index contributed by atoms with van der Waals surface area (Å²) < 4.78 is 31.8. The molecule has 2 heterocycles. The Balaban J connectivity index is 2.39. The van der Waals surface area contributed by atoms with Crippen LogP contribution >= 0.6 is 11.3 Å². The van der Waals surface area contributed by atoms with Crippen LogP contribution in [0.3, 0.4) is 0 Å². The second-order valence-electron chi connectivity index (χ2n) is 4.32. The summed E-state index contributed by atoms with van der Waals surface area (Å²) in [6.45, 7) is 7.41. The molecule has 0 N–H and O–H groups in total. The predicted molar refractivity (Wildman–Crippen MR) is 78.1 cm³/mol. The van der Waals surface area contributed by atoms with Crippen LogP contribution in [0.5, 0.6) is 0 Å². The summed E-state index contributed by atoms with van der Waals surface area (Å²) in [4.78, 5) is 1.12. The minimum Gasteiger partial charge on any atom is -0.360 e. The lowest BCUT2D eigenvalue weighted by atomic mass is 10.4. The van der Waals surface area contributed by atoms with Gasteiger partial charge in [0.2, 0.25) is 10.0 Å². The Bertz CT molecular complexity index is 668. The summed E-state index contributed by atoms with van der Waals surface area (Å²) in [5.74, 6) is 0.308. The smallest absolute Gasteiger partial charge is 0.249 e. The number of aryl methyl sites for hydroxylation is 2. The van der Waals surface area contributed by atoms with Crippen molar-refractivity contribution in [3.8, 4) is 0 Å². The summed E-state index contributed by atoms with van der Waals surface area (Å²) in [5.41, 5.74) is 0.378. The molecule has 0 fully saturated rings. The van der Waals surface area contributed by atoms with Crippen molar-refractivity contribution in [2.75, 3.05) is 6.54 Å². The van der Waals surface area contributed by atoms with Crippen LogP contribution in [0, 0.1) is 13.8 Å². The van der Waals surface area contributed by atoms with Crippen molar-refractivity contribution < 1.29 is 12.9 Å². The minimum absolute atomic E-state index is 0.149. The fourth-order valence-electron chi connectivity index (χ4n) is 1.94. The fourth-order valence-corrected chi connectivity index (χ4v) is 4.42. The number of rotatable bonds is 6. The molecule has 2 aromatic rings. The van der Waals surface area contributed by atoms with Crippen LogP contribution in [0.25, 0.3) is 0 Å². The molecule has 0 saturated carbocycles. The van der Waals surface area contributed by atoms with Gasteiger partial charge in [-0.1, -0.05) is 17.3 Å². The average Bonchev–Trinajstić information content (AvgIpc) is 2.99. The van der Waals surface area contributed by atoms with Crippen LogP contribution in [-0.2, 0) is 16.6 Å². The van der Waals surface area contributed by atoms with E-state index in [0.29, 0.717) is 18.0 Å². The molecular formula is C13H16N2O3S2. The van der Waals surface area contributed by atoms with Crippen molar-refractivity contribution in [1.29, 1.82) is 0 Å². The van der Waals surface area contributed by atoms with Gasteiger partial charge in [-0.15, -0.1) is 17.9 Å². The number of hydrogen-bond donors (Lipinski definition) is 0. The Hall–Kier alpha value is -1.44. The number of thiophene rings is 1. The third-order valence-corrected chi connectivity index (χ3v) is 5.73. The highest BCUT2D eigenvalue weighted by Crippen LogP contribution is 2.25. The highest BCUT2D eigenvalue weighted by molar-refractivity contribution is 7.89. The van der Waals surface area contributed by atoms with E-state index in [2.05, 4.69) is 11.7 Å². The molecule has 0 spiro atoms. The molecule has 0 aliphatic rings. The molecule has 2 rings (SSSR count). The molecule has 0 atom stereocenters. The van der Waals surface area contributed by atoms with Gasteiger partial charge in [0, 0.05) is 18.0 Å². The standard InChI is InChI=1S/C13H16N2O3S2/c1-4-7-15(9-12-6-5-8-19-12)20(16,17)13-10(2)14-18-11(13)3/h4-6,8H,1,7,9H2,2-3H3. The van der Waals surface area contributed by atoms with Crippen LogP contribution in [-0.4, -0.2) is 24.4 Å². The lowest BCUT2D eigenvalue weighted by Gasteiger charge is -2.19. The van der Waals surface area contributed by atoms with E-state index in [0.717, 1.165) is 4.88 Å². The van der Waals surface area contributed by atoms with Crippen molar-refractivity contribution in [1.82, 2.24) is 9.46 Å². The zero-order chi connectivity index (χ0) is 14.8. The number of sulfonamides is 1. The van der Waals surface area contributed by atoms with Gasteiger partial charge in [0.25, 0.3) is 0 Å². The first kappa shape index (κ1) is 15.0. The second-order valence-corrected chi connectivity index (χ2v) is 7.23. The summed E-state index contributed by atoms with van der Waals surface area (Å²) in [7, 11) is -3.64. The third kappa shape index (κ3) is 2.84. The molecule has 0 saturated heterocycles. The van der Waals surface area contributed by atoms with Crippen molar-refractivity contribution in [3.05, 3.63) is 46.5 Å². The van der Waals surface area contributed by atoms with Gasteiger partial charge in [0.15, 0.2) is 5.76 Å². The van der Waals surface area contributed by atoms with Gasteiger partial charge in [-0.05, 0) is 25.3 Å². The second kappa shape index (κ2) is 5.90. The Morgan fingerprint density at radius 1 is 1.50 bits per heavy atom. The molecule has 108 valence electrons. The van der Waals surface area contributed by atoms with E-state index in [1.54, 1.807) is 19.9 Å². The zero-order valence-corrected chi connectivity index (χ0v) is 13.0. The Morgan fingerprint density at radius 2 is 2.25 bits per heavy atom. The van der Waals surface area contributed by atoms with Gasteiger partial charge in [-0.2, -0.15) is 4.31 Å². The molecule has 0 unspecified atom stereocenters. The van der Waals surface area contributed by atoms with Crippen molar-refractivity contribution >= 4 is 21.4 Å². The summed E-state index contributed by atoms with van der Waals surface area (Å²) in [6.07, 6.45) is 1.57. The molecule has 0 aromatic carbocycles. The van der Waals surface area contributed by atoms with Crippen LogP contribution in [0.2, 0.25) is 0 Å². The predicted octanol–water partition coefficient (Wildman–Crippen LogP) is 2.73. The normalized spacial score (nSPS) is 11.9. The molecule has 2 aromatic heterocycles. The van der Waals surface area contributed by atoms with Crippen molar-refractivity contribution in [2.45, 2.75) is 25.3 Å².